The fourth-order valence-electron chi connectivity index (χ4n) is 2.40. The fourth-order valence-corrected chi connectivity index (χ4v) is 4.23. The molecule has 5 heteroatoms. The predicted octanol–water partition coefficient (Wildman–Crippen LogP) is 4.52. The Kier molecular flexibility index (Phi) is 5.43. The zero-order chi connectivity index (χ0) is 16.1. The van der Waals surface area contributed by atoms with Crippen LogP contribution in [0.3, 0.4) is 0 Å². The van der Waals surface area contributed by atoms with Crippen LogP contribution in [0.1, 0.15) is 15.4 Å². The smallest absolute Gasteiger partial charge is 0.122 e. The van der Waals surface area contributed by atoms with E-state index in [1.165, 1.54) is 20.2 Å². The van der Waals surface area contributed by atoms with Crippen LogP contribution in [0.5, 0.6) is 5.75 Å². The molecule has 3 aromatic rings. The topological polar surface area (TPSA) is 34.1 Å². The van der Waals surface area contributed by atoms with Crippen LogP contribution in [0.25, 0.3) is 9.75 Å². The minimum absolute atomic E-state index is 0.810. The van der Waals surface area contributed by atoms with Gasteiger partial charge in [-0.25, -0.2) is 4.98 Å². The van der Waals surface area contributed by atoms with Crippen molar-refractivity contribution in [1.82, 2.24) is 10.3 Å². The SMILES string of the molecule is COc1ccccc1CCNCc1ncc(-c2ccc(C)s2)s1. The van der Waals surface area contributed by atoms with Crippen LogP contribution in [-0.2, 0) is 13.0 Å². The molecule has 0 radical (unpaired) electrons. The molecule has 0 saturated carbocycles. The third kappa shape index (κ3) is 4.19. The van der Waals surface area contributed by atoms with Gasteiger partial charge in [0, 0.05) is 22.5 Å². The number of nitrogens with zero attached hydrogens (tertiary/aromatic N) is 1. The average molecular weight is 345 g/mol. The third-order valence-corrected chi connectivity index (χ3v) is 5.77. The van der Waals surface area contributed by atoms with Crippen molar-refractivity contribution in [2.24, 2.45) is 0 Å². The summed E-state index contributed by atoms with van der Waals surface area (Å²) >= 11 is 3.59. The number of thiazole rings is 1. The number of hydrogen-bond donors (Lipinski definition) is 1. The van der Waals surface area contributed by atoms with Gasteiger partial charge in [-0.1, -0.05) is 18.2 Å². The van der Waals surface area contributed by atoms with E-state index in [-0.39, 0.29) is 0 Å². The van der Waals surface area contributed by atoms with E-state index in [4.69, 9.17) is 4.74 Å². The van der Waals surface area contributed by atoms with E-state index >= 15 is 0 Å². The molecule has 2 heterocycles. The molecule has 0 bridgehead atoms. The maximum Gasteiger partial charge on any atom is 0.122 e. The van der Waals surface area contributed by atoms with Gasteiger partial charge in [0.05, 0.1) is 12.0 Å². The Balaban J connectivity index is 1.50. The van der Waals surface area contributed by atoms with E-state index in [1.807, 2.05) is 35.7 Å². The number of methoxy groups -OCH3 is 1. The number of rotatable bonds is 7. The molecule has 0 atom stereocenters. The van der Waals surface area contributed by atoms with Gasteiger partial charge >= 0.3 is 0 Å². The molecule has 0 fully saturated rings. The Morgan fingerprint density at radius 2 is 1.96 bits per heavy atom. The molecule has 0 amide bonds. The van der Waals surface area contributed by atoms with Gasteiger partial charge in [0.25, 0.3) is 0 Å². The minimum atomic E-state index is 0.810. The van der Waals surface area contributed by atoms with Crippen molar-refractivity contribution < 1.29 is 4.74 Å². The highest BCUT2D eigenvalue weighted by atomic mass is 32.1. The standard InChI is InChI=1S/C18H20N2OS2/c1-13-7-8-16(22-13)17-11-20-18(23-17)12-19-10-9-14-5-3-4-6-15(14)21-2/h3-8,11,19H,9-10,12H2,1-2H3. The van der Waals surface area contributed by atoms with Gasteiger partial charge in [0.15, 0.2) is 0 Å². The minimum Gasteiger partial charge on any atom is -0.496 e. The fraction of sp³-hybridized carbons (Fsp3) is 0.278. The van der Waals surface area contributed by atoms with Gasteiger partial charge in [0.1, 0.15) is 10.8 Å². The molecular weight excluding hydrogens is 324 g/mol. The van der Waals surface area contributed by atoms with E-state index in [0.29, 0.717) is 0 Å². The molecule has 0 aliphatic rings. The molecule has 2 aromatic heterocycles. The van der Waals surface area contributed by atoms with Crippen LogP contribution in [0, 0.1) is 6.92 Å². The first-order valence-corrected chi connectivity index (χ1v) is 9.23. The molecule has 0 unspecified atom stereocenters. The Bertz CT molecular complexity index is 764. The molecule has 3 nitrogen and oxygen atoms in total. The molecular formula is C18H20N2OS2. The summed E-state index contributed by atoms with van der Waals surface area (Å²) in [5, 5.41) is 4.60. The second kappa shape index (κ2) is 7.73. The molecule has 1 aromatic carbocycles. The Morgan fingerprint density at radius 3 is 2.74 bits per heavy atom. The van der Waals surface area contributed by atoms with Crippen molar-refractivity contribution in [3.63, 3.8) is 0 Å². The van der Waals surface area contributed by atoms with Crippen LogP contribution in [0.15, 0.2) is 42.6 Å². The molecule has 0 aliphatic heterocycles. The van der Waals surface area contributed by atoms with Crippen LogP contribution < -0.4 is 10.1 Å². The van der Waals surface area contributed by atoms with E-state index in [9.17, 15) is 0 Å². The van der Waals surface area contributed by atoms with Crippen LogP contribution in [-0.4, -0.2) is 18.6 Å². The number of ether oxygens (including phenoxy) is 1. The van der Waals surface area contributed by atoms with Gasteiger partial charge in [-0.05, 0) is 43.7 Å². The predicted molar refractivity (Wildman–Crippen MR) is 98.6 cm³/mol. The third-order valence-electron chi connectivity index (χ3n) is 3.58. The highest BCUT2D eigenvalue weighted by Crippen LogP contribution is 2.31. The summed E-state index contributed by atoms with van der Waals surface area (Å²) in [5.74, 6) is 0.957. The molecule has 120 valence electrons. The monoisotopic (exact) mass is 344 g/mol. The summed E-state index contributed by atoms with van der Waals surface area (Å²) in [4.78, 5) is 8.42. The number of aryl methyl sites for hydroxylation is 1. The molecule has 23 heavy (non-hydrogen) atoms. The summed E-state index contributed by atoms with van der Waals surface area (Å²) in [7, 11) is 1.72. The summed E-state index contributed by atoms with van der Waals surface area (Å²) < 4.78 is 5.38. The maximum absolute atomic E-state index is 5.38. The van der Waals surface area contributed by atoms with E-state index in [2.05, 4.69) is 35.4 Å². The first-order valence-electron chi connectivity index (χ1n) is 7.60. The quantitative estimate of drug-likeness (QED) is 0.640. The number of benzene rings is 1. The van der Waals surface area contributed by atoms with Gasteiger partial charge in [-0.15, -0.1) is 22.7 Å². The highest BCUT2D eigenvalue weighted by Gasteiger charge is 2.06. The summed E-state index contributed by atoms with van der Waals surface area (Å²) in [5.41, 5.74) is 1.23. The first-order chi connectivity index (χ1) is 11.3. The molecule has 0 aliphatic carbocycles. The highest BCUT2D eigenvalue weighted by molar-refractivity contribution is 7.21. The van der Waals surface area contributed by atoms with E-state index in [0.717, 1.165) is 30.3 Å². The average Bonchev–Trinajstić information content (AvgIpc) is 3.21. The summed E-state index contributed by atoms with van der Waals surface area (Å²) in [6.07, 6.45) is 2.93. The first kappa shape index (κ1) is 16.2. The van der Waals surface area contributed by atoms with Crippen molar-refractivity contribution in [3.05, 3.63) is 58.0 Å². The number of hydrogen-bond acceptors (Lipinski definition) is 5. The zero-order valence-electron chi connectivity index (χ0n) is 13.3. The maximum atomic E-state index is 5.38. The lowest BCUT2D eigenvalue weighted by Crippen LogP contribution is -2.16. The summed E-state index contributed by atoms with van der Waals surface area (Å²) in [6, 6.07) is 12.5. The van der Waals surface area contributed by atoms with E-state index < -0.39 is 0 Å². The van der Waals surface area contributed by atoms with Crippen LogP contribution in [0.4, 0.5) is 0 Å². The van der Waals surface area contributed by atoms with Crippen molar-refractivity contribution in [2.45, 2.75) is 19.9 Å². The summed E-state index contributed by atoms with van der Waals surface area (Å²) in [6.45, 7) is 3.85. The lowest BCUT2D eigenvalue weighted by atomic mass is 10.1. The lowest BCUT2D eigenvalue weighted by molar-refractivity contribution is 0.409. The van der Waals surface area contributed by atoms with Crippen molar-refractivity contribution in [1.29, 1.82) is 0 Å². The van der Waals surface area contributed by atoms with Gasteiger partial charge < -0.3 is 10.1 Å². The lowest BCUT2D eigenvalue weighted by Gasteiger charge is -2.08. The molecule has 1 N–H and O–H groups in total. The van der Waals surface area contributed by atoms with Gasteiger partial charge in [0.2, 0.25) is 0 Å². The second-order valence-corrected chi connectivity index (χ2v) is 7.67. The number of para-hydroxylation sites is 1. The Hall–Kier alpha value is -1.69. The second-order valence-electron chi connectivity index (χ2n) is 5.27. The number of aromatic nitrogens is 1. The van der Waals surface area contributed by atoms with E-state index in [1.54, 1.807) is 18.4 Å². The normalized spacial score (nSPS) is 10.9. The number of thiophene rings is 1. The largest absolute Gasteiger partial charge is 0.496 e. The van der Waals surface area contributed by atoms with Crippen LogP contribution in [0.2, 0.25) is 0 Å². The van der Waals surface area contributed by atoms with Gasteiger partial charge in [-0.3, -0.25) is 0 Å². The van der Waals surface area contributed by atoms with Crippen molar-refractivity contribution in [3.8, 4) is 15.5 Å². The zero-order valence-corrected chi connectivity index (χ0v) is 15.0. The Labute approximate surface area is 145 Å². The van der Waals surface area contributed by atoms with Crippen molar-refractivity contribution >= 4 is 22.7 Å². The van der Waals surface area contributed by atoms with Crippen LogP contribution >= 0.6 is 22.7 Å². The molecule has 0 saturated heterocycles. The molecule has 3 rings (SSSR count). The molecule has 0 spiro atoms. The van der Waals surface area contributed by atoms with Crippen molar-refractivity contribution in [2.75, 3.05) is 13.7 Å². The Morgan fingerprint density at radius 1 is 1.09 bits per heavy atom. The number of nitrogens with one attached hydrogen (secondary N) is 1. The van der Waals surface area contributed by atoms with Gasteiger partial charge in [-0.2, -0.15) is 0 Å².